The maximum Gasteiger partial charge on any atom is 0.334 e. The zero-order valence-electron chi connectivity index (χ0n) is 12.6. The van der Waals surface area contributed by atoms with Crippen molar-refractivity contribution in [1.29, 1.82) is 0 Å². The molecule has 0 aromatic heterocycles. The van der Waals surface area contributed by atoms with Crippen LogP contribution in [0.5, 0.6) is 0 Å². The number of hydrogen-bond acceptors (Lipinski definition) is 4. The van der Waals surface area contributed by atoms with E-state index in [0.717, 1.165) is 16.3 Å². The third kappa shape index (κ3) is 3.83. The number of ether oxygens (including phenoxy) is 1. The summed E-state index contributed by atoms with van der Waals surface area (Å²) in [6.45, 7) is 3.47. The van der Waals surface area contributed by atoms with Gasteiger partial charge in [-0.3, -0.25) is 0 Å². The highest BCUT2D eigenvalue weighted by atomic mass is 35.5. The van der Waals surface area contributed by atoms with Crippen LogP contribution in [0.3, 0.4) is 0 Å². The zero-order valence-corrected chi connectivity index (χ0v) is 13.3. The highest BCUT2D eigenvalue weighted by Crippen LogP contribution is 2.28. The molecule has 0 aliphatic heterocycles. The first kappa shape index (κ1) is 16.4. The van der Waals surface area contributed by atoms with Gasteiger partial charge < -0.3 is 4.74 Å². The molecule has 0 N–H and O–H groups in total. The van der Waals surface area contributed by atoms with Crippen molar-refractivity contribution in [2.24, 2.45) is 5.18 Å². The number of carbonyl (C=O) groups is 1. The van der Waals surface area contributed by atoms with Crippen LogP contribution in [-0.4, -0.2) is 18.1 Å². The number of benzene rings is 2. The Bertz CT molecular complexity index is 685. The predicted octanol–water partition coefficient (Wildman–Crippen LogP) is 4.51. The van der Waals surface area contributed by atoms with Crippen molar-refractivity contribution in [2.75, 3.05) is 0 Å². The summed E-state index contributed by atoms with van der Waals surface area (Å²) in [5.41, 5.74) is 0.895. The van der Waals surface area contributed by atoms with Crippen LogP contribution in [0.15, 0.2) is 41.6 Å². The summed E-state index contributed by atoms with van der Waals surface area (Å²) in [6, 6.07) is 10.7. The van der Waals surface area contributed by atoms with Crippen molar-refractivity contribution in [3.05, 3.63) is 51.9 Å². The van der Waals surface area contributed by atoms with E-state index in [-0.39, 0.29) is 12.5 Å². The third-order valence-electron chi connectivity index (χ3n) is 3.38. The lowest BCUT2D eigenvalue weighted by Gasteiger charge is -2.13. The van der Waals surface area contributed by atoms with Crippen LogP contribution in [-0.2, 0) is 16.0 Å². The minimum atomic E-state index is -0.995. The summed E-state index contributed by atoms with van der Waals surface area (Å²) < 4.78 is 5.03. The quantitative estimate of drug-likeness (QED) is 0.581. The molecule has 5 heteroatoms. The van der Waals surface area contributed by atoms with E-state index in [9.17, 15) is 9.70 Å². The van der Waals surface area contributed by atoms with Gasteiger partial charge in [0.15, 0.2) is 6.04 Å². The van der Waals surface area contributed by atoms with Crippen molar-refractivity contribution in [3.63, 3.8) is 0 Å². The van der Waals surface area contributed by atoms with Crippen molar-refractivity contribution in [1.82, 2.24) is 0 Å². The van der Waals surface area contributed by atoms with E-state index in [4.69, 9.17) is 16.3 Å². The summed E-state index contributed by atoms with van der Waals surface area (Å²) in [7, 11) is 0. The van der Waals surface area contributed by atoms with Crippen LogP contribution in [0.1, 0.15) is 25.8 Å². The molecule has 2 aromatic rings. The van der Waals surface area contributed by atoms with Crippen molar-refractivity contribution >= 4 is 28.3 Å². The van der Waals surface area contributed by atoms with Gasteiger partial charge in [0.05, 0.1) is 11.1 Å². The van der Waals surface area contributed by atoms with E-state index < -0.39 is 12.0 Å². The third-order valence-corrected chi connectivity index (χ3v) is 3.83. The van der Waals surface area contributed by atoms with Crippen molar-refractivity contribution < 1.29 is 9.53 Å². The first-order valence-electron chi connectivity index (χ1n) is 7.22. The smallest absolute Gasteiger partial charge is 0.334 e. The Balaban J connectivity index is 2.12. The molecule has 4 nitrogen and oxygen atoms in total. The predicted molar refractivity (Wildman–Crippen MR) is 88.1 cm³/mol. The SMILES string of the molecule is CC(C)OC(=O)C(CCc1ccc2ccccc2c1Cl)N=O. The number of halogens is 1. The van der Waals surface area contributed by atoms with Gasteiger partial charge in [0.2, 0.25) is 0 Å². The Morgan fingerprint density at radius 1 is 1.23 bits per heavy atom. The molecule has 2 aromatic carbocycles. The van der Waals surface area contributed by atoms with Gasteiger partial charge in [-0.15, -0.1) is 4.91 Å². The second-order valence-electron chi connectivity index (χ2n) is 5.41. The van der Waals surface area contributed by atoms with Gasteiger partial charge in [0.25, 0.3) is 0 Å². The molecule has 116 valence electrons. The first-order chi connectivity index (χ1) is 10.5. The van der Waals surface area contributed by atoms with E-state index in [0.29, 0.717) is 11.4 Å². The van der Waals surface area contributed by atoms with Gasteiger partial charge in [0, 0.05) is 5.39 Å². The lowest BCUT2D eigenvalue weighted by atomic mass is 10.0. The van der Waals surface area contributed by atoms with Crippen LogP contribution in [0.4, 0.5) is 0 Å². The molecular formula is C17H18ClNO3. The van der Waals surface area contributed by atoms with Gasteiger partial charge in [0.1, 0.15) is 0 Å². The summed E-state index contributed by atoms with van der Waals surface area (Å²) >= 11 is 6.41. The van der Waals surface area contributed by atoms with Crippen molar-refractivity contribution in [2.45, 2.75) is 38.8 Å². The molecule has 0 saturated heterocycles. The number of esters is 1. The maximum atomic E-state index is 11.8. The molecule has 22 heavy (non-hydrogen) atoms. The van der Waals surface area contributed by atoms with Crippen LogP contribution in [0.25, 0.3) is 10.8 Å². The molecule has 0 heterocycles. The molecule has 0 radical (unpaired) electrons. The fourth-order valence-electron chi connectivity index (χ4n) is 2.29. The number of hydrogen-bond donors (Lipinski definition) is 0. The average Bonchev–Trinajstić information content (AvgIpc) is 2.49. The van der Waals surface area contributed by atoms with E-state index >= 15 is 0 Å². The molecule has 1 atom stereocenters. The number of nitroso groups, excluding NO2 is 1. The lowest BCUT2D eigenvalue weighted by molar-refractivity contribution is -0.149. The second kappa shape index (κ2) is 7.36. The van der Waals surface area contributed by atoms with Crippen LogP contribution in [0, 0.1) is 4.91 Å². The number of rotatable bonds is 6. The molecule has 1 unspecified atom stereocenters. The van der Waals surface area contributed by atoms with E-state index in [1.54, 1.807) is 13.8 Å². The van der Waals surface area contributed by atoms with Gasteiger partial charge in [-0.05, 0) is 37.6 Å². The Kier molecular flexibility index (Phi) is 5.50. The molecule has 0 amide bonds. The Hall–Kier alpha value is -1.94. The first-order valence-corrected chi connectivity index (χ1v) is 7.59. The largest absolute Gasteiger partial charge is 0.461 e. The lowest BCUT2D eigenvalue weighted by Crippen LogP contribution is -2.24. The highest BCUT2D eigenvalue weighted by molar-refractivity contribution is 6.36. The van der Waals surface area contributed by atoms with Crippen LogP contribution < -0.4 is 0 Å². The van der Waals surface area contributed by atoms with Gasteiger partial charge in [-0.1, -0.05) is 53.2 Å². The molecule has 0 fully saturated rings. The Morgan fingerprint density at radius 3 is 2.64 bits per heavy atom. The van der Waals surface area contributed by atoms with E-state index in [1.807, 2.05) is 36.4 Å². The fraction of sp³-hybridized carbons (Fsp3) is 0.353. The molecule has 0 aliphatic carbocycles. The minimum absolute atomic E-state index is 0.263. The number of carbonyl (C=O) groups excluding carboxylic acids is 1. The van der Waals surface area contributed by atoms with Gasteiger partial charge >= 0.3 is 5.97 Å². The fourth-order valence-corrected chi connectivity index (χ4v) is 2.62. The molecular weight excluding hydrogens is 302 g/mol. The molecule has 0 spiro atoms. The Morgan fingerprint density at radius 2 is 1.95 bits per heavy atom. The van der Waals surface area contributed by atoms with E-state index in [1.165, 1.54) is 0 Å². The van der Waals surface area contributed by atoms with Gasteiger partial charge in [-0.25, -0.2) is 4.79 Å². The molecule has 2 rings (SSSR count). The molecule has 0 saturated carbocycles. The highest BCUT2D eigenvalue weighted by Gasteiger charge is 2.22. The Labute approximate surface area is 134 Å². The average molecular weight is 320 g/mol. The standard InChI is InChI=1S/C17H18ClNO3/c1-11(2)22-17(20)15(19-21)10-9-13-8-7-12-5-3-4-6-14(12)16(13)18/h3-8,11,15H,9-10H2,1-2H3. The van der Waals surface area contributed by atoms with Gasteiger partial charge in [-0.2, -0.15) is 0 Å². The summed E-state index contributed by atoms with van der Waals surface area (Å²) in [5.74, 6) is -0.582. The summed E-state index contributed by atoms with van der Waals surface area (Å²) in [4.78, 5) is 22.6. The summed E-state index contributed by atoms with van der Waals surface area (Å²) in [6.07, 6.45) is 0.515. The molecule has 0 aliphatic rings. The zero-order chi connectivity index (χ0) is 16.1. The maximum absolute atomic E-state index is 11.8. The van der Waals surface area contributed by atoms with E-state index in [2.05, 4.69) is 5.18 Å². The second-order valence-corrected chi connectivity index (χ2v) is 5.78. The number of aryl methyl sites for hydroxylation is 1. The number of fused-ring (bicyclic) bond motifs is 1. The topological polar surface area (TPSA) is 55.7 Å². The summed E-state index contributed by atoms with van der Waals surface area (Å²) in [5, 5.41) is 5.55. The molecule has 0 bridgehead atoms. The van der Waals surface area contributed by atoms with Crippen LogP contribution >= 0.6 is 11.6 Å². The number of nitrogens with zero attached hydrogens (tertiary/aromatic N) is 1. The van der Waals surface area contributed by atoms with Crippen LogP contribution in [0.2, 0.25) is 5.02 Å². The monoisotopic (exact) mass is 319 g/mol. The van der Waals surface area contributed by atoms with Crippen molar-refractivity contribution in [3.8, 4) is 0 Å². The minimum Gasteiger partial charge on any atom is -0.461 e. The normalized spacial score (nSPS) is 12.4.